The molecule has 0 spiro atoms. The van der Waals surface area contributed by atoms with Crippen molar-refractivity contribution in [2.45, 2.75) is 65.1 Å². The van der Waals surface area contributed by atoms with Crippen LogP contribution in [0.25, 0.3) is 0 Å². The largest absolute Gasteiger partial charge is 0.469 e. The number of rotatable bonds is 7. The Kier molecular flexibility index (Phi) is 6.75. The average Bonchev–Trinajstić information content (AvgIpc) is 2.84. The lowest BCUT2D eigenvalue weighted by Gasteiger charge is -2.24. The van der Waals surface area contributed by atoms with Crippen molar-refractivity contribution in [3.63, 3.8) is 0 Å². The quantitative estimate of drug-likeness (QED) is 0.811. The monoisotopic (exact) mass is 296 g/mol. The predicted molar refractivity (Wildman–Crippen MR) is 83.3 cm³/mol. The van der Waals surface area contributed by atoms with Gasteiger partial charge in [0.15, 0.2) is 0 Å². The van der Waals surface area contributed by atoms with Gasteiger partial charge in [-0.25, -0.2) is 4.79 Å². The first-order chi connectivity index (χ1) is 9.80. The van der Waals surface area contributed by atoms with Gasteiger partial charge in [0.2, 0.25) is 0 Å². The third-order valence-electron chi connectivity index (χ3n) is 3.01. The van der Waals surface area contributed by atoms with Crippen molar-refractivity contribution >= 4 is 6.09 Å². The molecule has 0 bridgehead atoms. The fourth-order valence-electron chi connectivity index (χ4n) is 1.92. The van der Waals surface area contributed by atoms with Gasteiger partial charge in [0.25, 0.3) is 0 Å². The highest BCUT2D eigenvalue weighted by Gasteiger charge is 2.19. The Morgan fingerprint density at radius 3 is 2.67 bits per heavy atom. The van der Waals surface area contributed by atoms with Crippen LogP contribution in [-0.4, -0.2) is 30.3 Å². The number of carbonyl (C=O) groups is 1. The lowest BCUT2D eigenvalue weighted by atomic mass is 10.1. The fraction of sp³-hybridized carbons (Fsp3) is 0.688. The molecule has 0 aromatic carbocycles. The molecule has 0 saturated carbocycles. The second-order valence-corrected chi connectivity index (χ2v) is 6.34. The summed E-state index contributed by atoms with van der Waals surface area (Å²) in [4.78, 5) is 11.8. The van der Waals surface area contributed by atoms with E-state index in [1.54, 1.807) is 6.26 Å². The van der Waals surface area contributed by atoms with Gasteiger partial charge < -0.3 is 19.8 Å². The van der Waals surface area contributed by atoms with Crippen LogP contribution in [0.5, 0.6) is 0 Å². The molecule has 1 rings (SSSR count). The minimum Gasteiger partial charge on any atom is -0.469 e. The molecule has 1 heterocycles. The average molecular weight is 296 g/mol. The highest BCUT2D eigenvalue weighted by atomic mass is 16.6. The highest BCUT2D eigenvalue weighted by Crippen LogP contribution is 2.07. The van der Waals surface area contributed by atoms with Gasteiger partial charge in [0, 0.05) is 25.0 Å². The smallest absolute Gasteiger partial charge is 0.407 e. The summed E-state index contributed by atoms with van der Waals surface area (Å²) in [6.45, 7) is 10.4. The first-order valence-corrected chi connectivity index (χ1v) is 7.55. The van der Waals surface area contributed by atoms with Crippen LogP contribution in [0.1, 0.15) is 46.8 Å². The molecule has 120 valence electrons. The zero-order valence-electron chi connectivity index (χ0n) is 13.7. The first-order valence-electron chi connectivity index (χ1n) is 7.55. The van der Waals surface area contributed by atoms with Crippen molar-refractivity contribution in [3.05, 3.63) is 24.2 Å². The number of carbonyl (C=O) groups excluding carboxylic acids is 1. The summed E-state index contributed by atoms with van der Waals surface area (Å²) < 4.78 is 10.6. The summed E-state index contributed by atoms with van der Waals surface area (Å²) in [6.07, 6.45) is 2.99. The zero-order chi connectivity index (χ0) is 15.9. The van der Waals surface area contributed by atoms with Crippen LogP contribution >= 0.6 is 0 Å². The van der Waals surface area contributed by atoms with Gasteiger partial charge in [-0.05, 0) is 46.2 Å². The van der Waals surface area contributed by atoms with E-state index < -0.39 is 5.60 Å². The second kappa shape index (κ2) is 8.08. The minimum atomic E-state index is -0.470. The Bertz CT molecular complexity index is 410. The molecule has 1 aromatic heterocycles. The molecule has 1 aromatic rings. The molecule has 0 aliphatic heterocycles. The van der Waals surface area contributed by atoms with E-state index in [9.17, 15) is 4.79 Å². The lowest BCUT2D eigenvalue weighted by Crippen LogP contribution is -2.46. The molecule has 21 heavy (non-hydrogen) atoms. The molecule has 0 aliphatic rings. The van der Waals surface area contributed by atoms with Crippen LogP contribution in [0, 0.1) is 0 Å². The molecular weight excluding hydrogens is 268 g/mol. The van der Waals surface area contributed by atoms with Gasteiger partial charge >= 0.3 is 6.09 Å². The third-order valence-corrected chi connectivity index (χ3v) is 3.01. The normalized spacial score (nSPS) is 14.5. The third kappa shape index (κ3) is 7.75. The maximum absolute atomic E-state index is 11.8. The number of ether oxygens (including phenoxy) is 1. The molecule has 0 saturated heterocycles. The predicted octanol–water partition coefficient (Wildman–Crippen LogP) is 3.10. The standard InChI is InChI=1S/C16H28N2O3/c1-6-13(18-15(19)21-16(3,4)5)11-17-12(2)10-14-8-7-9-20-14/h7-9,12-13,17H,6,10-11H2,1-5H3,(H,18,19). The van der Waals surface area contributed by atoms with Crippen LogP contribution in [0.3, 0.4) is 0 Å². The van der Waals surface area contributed by atoms with E-state index in [1.165, 1.54) is 0 Å². The molecule has 2 N–H and O–H groups in total. The van der Waals surface area contributed by atoms with E-state index in [0.717, 1.165) is 18.6 Å². The molecule has 2 atom stereocenters. The van der Waals surface area contributed by atoms with Crippen LogP contribution < -0.4 is 10.6 Å². The molecule has 0 fully saturated rings. The summed E-state index contributed by atoms with van der Waals surface area (Å²) >= 11 is 0. The maximum Gasteiger partial charge on any atom is 0.407 e. The first kappa shape index (κ1) is 17.6. The molecule has 0 aliphatic carbocycles. The van der Waals surface area contributed by atoms with E-state index >= 15 is 0 Å². The Balaban J connectivity index is 2.31. The van der Waals surface area contributed by atoms with Crippen molar-refractivity contribution in [2.75, 3.05) is 6.54 Å². The molecule has 1 amide bonds. The Morgan fingerprint density at radius 2 is 2.14 bits per heavy atom. The minimum absolute atomic E-state index is 0.0545. The topological polar surface area (TPSA) is 63.5 Å². The van der Waals surface area contributed by atoms with E-state index in [4.69, 9.17) is 9.15 Å². The van der Waals surface area contributed by atoms with Crippen LogP contribution in [0.4, 0.5) is 4.79 Å². The number of nitrogens with one attached hydrogen (secondary N) is 2. The van der Waals surface area contributed by atoms with E-state index in [-0.39, 0.29) is 18.2 Å². The van der Waals surface area contributed by atoms with Crippen molar-refractivity contribution in [1.29, 1.82) is 0 Å². The molecular formula is C16H28N2O3. The van der Waals surface area contributed by atoms with Crippen LogP contribution in [-0.2, 0) is 11.2 Å². The number of furan rings is 1. The molecule has 5 heteroatoms. The number of hydrogen-bond donors (Lipinski definition) is 2. The summed E-state index contributed by atoms with van der Waals surface area (Å²) in [5.41, 5.74) is -0.470. The summed E-state index contributed by atoms with van der Waals surface area (Å²) in [5.74, 6) is 0.961. The van der Waals surface area contributed by atoms with Crippen molar-refractivity contribution in [2.24, 2.45) is 0 Å². The maximum atomic E-state index is 11.8. The van der Waals surface area contributed by atoms with Crippen molar-refractivity contribution in [3.8, 4) is 0 Å². The van der Waals surface area contributed by atoms with Crippen molar-refractivity contribution < 1.29 is 13.9 Å². The van der Waals surface area contributed by atoms with Crippen LogP contribution in [0.15, 0.2) is 22.8 Å². The highest BCUT2D eigenvalue weighted by molar-refractivity contribution is 5.68. The Morgan fingerprint density at radius 1 is 1.43 bits per heavy atom. The van der Waals surface area contributed by atoms with Gasteiger partial charge in [-0.1, -0.05) is 6.92 Å². The molecule has 0 radical (unpaired) electrons. The van der Waals surface area contributed by atoms with Gasteiger partial charge in [0.1, 0.15) is 11.4 Å². The second-order valence-electron chi connectivity index (χ2n) is 6.34. The summed E-state index contributed by atoms with van der Waals surface area (Å²) in [5, 5.41) is 6.30. The van der Waals surface area contributed by atoms with E-state index in [1.807, 2.05) is 39.8 Å². The van der Waals surface area contributed by atoms with E-state index in [2.05, 4.69) is 17.6 Å². The van der Waals surface area contributed by atoms with Gasteiger partial charge in [-0.15, -0.1) is 0 Å². The summed E-state index contributed by atoms with van der Waals surface area (Å²) in [7, 11) is 0. The Hall–Kier alpha value is -1.49. The molecule has 2 unspecified atom stereocenters. The lowest BCUT2D eigenvalue weighted by molar-refractivity contribution is 0.0502. The number of alkyl carbamates (subject to hydrolysis) is 1. The van der Waals surface area contributed by atoms with Crippen LogP contribution in [0.2, 0.25) is 0 Å². The number of hydrogen-bond acceptors (Lipinski definition) is 4. The summed E-state index contributed by atoms with van der Waals surface area (Å²) in [6, 6.07) is 4.19. The van der Waals surface area contributed by atoms with Crippen molar-refractivity contribution in [1.82, 2.24) is 10.6 Å². The molecule has 5 nitrogen and oxygen atoms in total. The zero-order valence-corrected chi connectivity index (χ0v) is 13.7. The van der Waals surface area contributed by atoms with Gasteiger partial charge in [0.05, 0.1) is 6.26 Å². The van der Waals surface area contributed by atoms with Gasteiger partial charge in [-0.2, -0.15) is 0 Å². The Labute approximate surface area is 127 Å². The number of amides is 1. The SMILES string of the molecule is CCC(CNC(C)Cc1ccco1)NC(=O)OC(C)(C)C. The van der Waals surface area contributed by atoms with E-state index in [0.29, 0.717) is 6.54 Å². The van der Waals surface area contributed by atoms with Gasteiger partial charge in [-0.3, -0.25) is 0 Å². The fourth-order valence-corrected chi connectivity index (χ4v) is 1.92.